The van der Waals surface area contributed by atoms with E-state index in [1.807, 2.05) is 30.3 Å². The third-order valence-electron chi connectivity index (χ3n) is 5.27. The lowest BCUT2D eigenvalue weighted by Crippen LogP contribution is -2.44. The van der Waals surface area contributed by atoms with E-state index in [4.69, 9.17) is 4.74 Å². The van der Waals surface area contributed by atoms with Crippen LogP contribution in [-0.4, -0.2) is 57.1 Å². The number of nitrogens with one attached hydrogen (secondary N) is 2. The largest absolute Gasteiger partial charge is 0.497 e. The van der Waals surface area contributed by atoms with Crippen LogP contribution in [0.3, 0.4) is 0 Å². The van der Waals surface area contributed by atoms with Gasteiger partial charge in [-0.3, -0.25) is 9.79 Å². The molecule has 1 fully saturated rings. The van der Waals surface area contributed by atoms with Crippen LogP contribution in [0, 0.1) is 0 Å². The molecule has 7 heteroatoms. The summed E-state index contributed by atoms with van der Waals surface area (Å²) in [6.07, 6.45) is 1.90. The molecule has 1 unspecified atom stereocenters. The van der Waals surface area contributed by atoms with Crippen LogP contribution in [0.2, 0.25) is 0 Å². The first-order chi connectivity index (χ1) is 14.2. The first kappa shape index (κ1) is 24.0. The maximum atomic E-state index is 12.2. The molecule has 1 heterocycles. The number of likely N-dealkylation sites (tertiary alicyclic amines) is 1. The van der Waals surface area contributed by atoms with Crippen molar-refractivity contribution in [2.45, 2.75) is 18.8 Å². The number of carbonyl (C=O) groups is 1. The Morgan fingerprint density at radius 1 is 1.13 bits per heavy atom. The monoisotopic (exact) mass is 522 g/mol. The van der Waals surface area contributed by atoms with Crippen LogP contribution < -0.4 is 15.4 Å². The maximum Gasteiger partial charge on any atom is 0.239 e. The third kappa shape index (κ3) is 6.90. The molecule has 0 saturated carbocycles. The van der Waals surface area contributed by atoms with E-state index in [1.165, 1.54) is 11.1 Å². The molecule has 1 aliphatic rings. The Bertz CT molecular complexity index is 812. The lowest BCUT2D eigenvalue weighted by Gasteiger charge is -2.21. The van der Waals surface area contributed by atoms with Crippen molar-refractivity contribution in [1.82, 2.24) is 15.5 Å². The highest BCUT2D eigenvalue weighted by Crippen LogP contribution is 2.28. The van der Waals surface area contributed by atoms with Crippen molar-refractivity contribution < 1.29 is 9.53 Å². The van der Waals surface area contributed by atoms with Gasteiger partial charge in [-0.05, 0) is 36.1 Å². The zero-order valence-corrected chi connectivity index (χ0v) is 20.0. The zero-order valence-electron chi connectivity index (χ0n) is 17.6. The maximum absolute atomic E-state index is 12.2. The van der Waals surface area contributed by atoms with E-state index < -0.39 is 0 Å². The van der Waals surface area contributed by atoms with Gasteiger partial charge in [-0.15, -0.1) is 24.0 Å². The molecular weight excluding hydrogens is 491 g/mol. The fourth-order valence-corrected chi connectivity index (χ4v) is 3.65. The highest BCUT2D eigenvalue weighted by atomic mass is 127. The zero-order chi connectivity index (χ0) is 20.5. The van der Waals surface area contributed by atoms with Gasteiger partial charge in [-0.2, -0.15) is 0 Å². The molecule has 1 atom stereocenters. The van der Waals surface area contributed by atoms with Crippen LogP contribution >= 0.6 is 24.0 Å². The lowest BCUT2D eigenvalue weighted by molar-refractivity contribution is -0.120. The van der Waals surface area contributed by atoms with E-state index in [1.54, 1.807) is 14.2 Å². The summed E-state index contributed by atoms with van der Waals surface area (Å²) in [5.74, 6) is 2.09. The van der Waals surface area contributed by atoms with Gasteiger partial charge in [0.1, 0.15) is 5.75 Å². The summed E-state index contributed by atoms with van der Waals surface area (Å²) in [6.45, 7) is 2.67. The van der Waals surface area contributed by atoms with Crippen molar-refractivity contribution in [3.63, 3.8) is 0 Å². The smallest absolute Gasteiger partial charge is 0.239 e. The molecule has 30 heavy (non-hydrogen) atoms. The van der Waals surface area contributed by atoms with Crippen molar-refractivity contribution in [3.8, 4) is 5.75 Å². The van der Waals surface area contributed by atoms with E-state index in [0.29, 0.717) is 12.5 Å². The minimum Gasteiger partial charge on any atom is -0.497 e. The second kappa shape index (κ2) is 12.4. The molecule has 3 rings (SSSR count). The van der Waals surface area contributed by atoms with Crippen molar-refractivity contribution in [2.24, 2.45) is 4.99 Å². The fourth-order valence-electron chi connectivity index (χ4n) is 3.65. The lowest BCUT2D eigenvalue weighted by atomic mass is 9.98. The summed E-state index contributed by atoms with van der Waals surface area (Å²) in [6, 6.07) is 18.4. The Hall–Kier alpha value is -2.29. The molecule has 2 N–H and O–H groups in total. The molecule has 6 nitrogen and oxygen atoms in total. The molecule has 2 aromatic rings. The van der Waals surface area contributed by atoms with Crippen LogP contribution in [0.25, 0.3) is 0 Å². The van der Waals surface area contributed by atoms with Gasteiger partial charge in [0.2, 0.25) is 5.91 Å². The summed E-state index contributed by atoms with van der Waals surface area (Å²) in [5.41, 5.74) is 2.53. The number of guanidine groups is 1. The van der Waals surface area contributed by atoms with Gasteiger partial charge in [0.25, 0.3) is 0 Å². The molecular formula is C23H31IN4O2. The van der Waals surface area contributed by atoms with E-state index in [0.717, 1.165) is 37.6 Å². The van der Waals surface area contributed by atoms with E-state index in [-0.39, 0.29) is 36.4 Å². The normalized spacial score (nSPS) is 16.0. The van der Waals surface area contributed by atoms with Gasteiger partial charge in [-0.25, -0.2) is 0 Å². The second-order valence-electron chi connectivity index (χ2n) is 7.19. The Morgan fingerprint density at radius 2 is 1.87 bits per heavy atom. The van der Waals surface area contributed by atoms with Gasteiger partial charge >= 0.3 is 0 Å². The van der Waals surface area contributed by atoms with Crippen LogP contribution in [0.5, 0.6) is 5.75 Å². The summed E-state index contributed by atoms with van der Waals surface area (Å²) in [7, 11) is 3.44. The van der Waals surface area contributed by atoms with Crippen LogP contribution in [0.4, 0.5) is 0 Å². The Balaban J connectivity index is 0.00000320. The molecule has 2 aromatic carbocycles. The predicted octanol–water partition coefficient (Wildman–Crippen LogP) is 3.04. The van der Waals surface area contributed by atoms with Crippen molar-refractivity contribution in [1.29, 1.82) is 0 Å². The quantitative estimate of drug-likeness (QED) is 0.334. The number of amides is 1. The fraction of sp³-hybridized carbons (Fsp3) is 0.391. The first-order valence-corrected chi connectivity index (χ1v) is 10.1. The standard InChI is InChI=1S/C23H30N4O2.HI/c1-24-23(26-16-22(28)25-14-12-18-6-4-3-5-7-18)27-15-13-20(17-27)19-8-10-21(29-2)11-9-19;/h3-11,20H,12-17H2,1-2H3,(H,24,26)(H,25,28);1H. The second-order valence-corrected chi connectivity index (χ2v) is 7.19. The molecule has 1 amide bonds. The summed E-state index contributed by atoms with van der Waals surface area (Å²) in [5, 5.41) is 6.15. The number of nitrogens with zero attached hydrogens (tertiary/aromatic N) is 2. The predicted molar refractivity (Wildman–Crippen MR) is 132 cm³/mol. The van der Waals surface area contributed by atoms with Crippen LogP contribution in [0.15, 0.2) is 59.6 Å². The highest BCUT2D eigenvalue weighted by Gasteiger charge is 2.26. The highest BCUT2D eigenvalue weighted by molar-refractivity contribution is 14.0. The van der Waals surface area contributed by atoms with Gasteiger partial charge in [0.05, 0.1) is 13.7 Å². The van der Waals surface area contributed by atoms with Gasteiger partial charge in [-0.1, -0.05) is 42.5 Å². The van der Waals surface area contributed by atoms with Crippen molar-refractivity contribution in [3.05, 3.63) is 65.7 Å². The van der Waals surface area contributed by atoms with Gasteiger partial charge < -0.3 is 20.3 Å². The van der Waals surface area contributed by atoms with E-state index >= 15 is 0 Å². The topological polar surface area (TPSA) is 66.0 Å². The molecule has 0 spiro atoms. The number of halogens is 1. The van der Waals surface area contributed by atoms with E-state index in [9.17, 15) is 4.79 Å². The molecule has 1 aliphatic heterocycles. The molecule has 0 radical (unpaired) electrons. The molecule has 0 aliphatic carbocycles. The van der Waals surface area contributed by atoms with Crippen LogP contribution in [-0.2, 0) is 11.2 Å². The van der Waals surface area contributed by atoms with E-state index in [2.05, 4.69) is 44.8 Å². The minimum atomic E-state index is -0.0204. The number of benzene rings is 2. The number of ether oxygens (including phenoxy) is 1. The summed E-state index contributed by atoms with van der Waals surface area (Å²) >= 11 is 0. The minimum absolute atomic E-state index is 0. The van der Waals surface area contributed by atoms with Gasteiger partial charge in [0, 0.05) is 32.6 Å². The summed E-state index contributed by atoms with van der Waals surface area (Å²) < 4.78 is 5.24. The Kier molecular flexibility index (Phi) is 9.93. The molecule has 162 valence electrons. The van der Waals surface area contributed by atoms with Gasteiger partial charge in [0.15, 0.2) is 5.96 Å². The Labute approximate surface area is 196 Å². The molecule has 0 aromatic heterocycles. The number of hydrogen-bond donors (Lipinski definition) is 2. The first-order valence-electron chi connectivity index (χ1n) is 10.1. The third-order valence-corrected chi connectivity index (χ3v) is 5.27. The number of carbonyl (C=O) groups excluding carboxylic acids is 1. The molecule has 0 bridgehead atoms. The van der Waals surface area contributed by atoms with Crippen molar-refractivity contribution >= 4 is 35.8 Å². The number of methoxy groups -OCH3 is 1. The average Bonchev–Trinajstić information content (AvgIpc) is 3.25. The number of hydrogen-bond acceptors (Lipinski definition) is 3. The van der Waals surface area contributed by atoms with Crippen molar-refractivity contribution in [2.75, 3.05) is 40.3 Å². The summed E-state index contributed by atoms with van der Waals surface area (Å²) in [4.78, 5) is 18.7. The average molecular weight is 522 g/mol. The Morgan fingerprint density at radius 3 is 2.53 bits per heavy atom. The molecule has 1 saturated heterocycles. The SMILES string of the molecule is CN=C(NCC(=O)NCCc1ccccc1)N1CCC(c2ccc(OC)cc2)C1.I. The van der Waals surface area contributed by atoms with Crippen LogP contribution in [0.1, 0.15) is 23.5 Å². The number of aliphatic imine (C=N–C) groups is 1. The number of rotatable bonds is 7.